The maximum absolute atomic E-state index is 11.6. The van der Waals surface area contributed by atoms with E-state index in [0.717, 1.165) is 19.6 Å². The Hall–Kier alpha value is -1.26. The van der Waals surface area contributed by atoms with E-state index in [2.05, 4.69) is 13.8 Å². The zero-order chi connectivity index (χ0) is 14.1. The molecule has 1 atom stereocenters. The van der Waals surface area contributed by atoms with Gasteiger partial charge in [-0.15, -0.1) is 0 Å². The Balaban J connectivity index is 0.00000361. The van der Waals surface area contributed by atoms with Gasteiger partial charge < -0.3 is 26.8 Å². The van der Waals surface area contributed by atoms with Crippen LogP contribution in [-0.2, 0) is 9.53 Å². The molecule has 20 heavy (non-hydrogen) atoms. The fraction of sp³-hybridized carbons (Fsp3) is 0.533. The highest BCUT2D eigenvalue weighted by molar-refractivity contribution is 5.71. The van der Waals surface area contributed by atoms with Crippen LogP contribution in [0.25, 0.3) is 0 Å². The molecule has 0 bridgehead atoms. The summed E-state index contributed by atoms with van der Waals surface area (Å²) >= 11 is 0. The predicted octanol–water partition coefficient (Wildman–Crippen LogP) is -2.07. The molecule has 0 aliphatic heterocycles. The smallest absolute Gasteiger partial charge is 0.344 e. The van der Waals surface area contributed by atoms with Gasteiger partial charge in [-0.3, -0.25) is 0 Å². The summed E-state index contributed by atoms with van der Waals surface area (Å²) in [5.74, 6) is 0.365. The number of hydrogen-bond donors (Lipinski definition) is 1. The van der Waals surface area contributed by atoms with Gasteiger partial charge in [-0.25, -0.2) is 4.79 Å². The third-order valence-electron chi connectivity index (χ3n) is 3.01. The SMILES string of the molecule is CC[NH+](CC)CC(C)OC(=O)COc1ccccc1.[Cl-]. The average molecular weight is 302 g/mol. The van der Waals surface area contributed by atoms with Crippen molar-refractivity contribution in [1.82, 2.24) is 0 Å². The van der Waals surface area contributed by atoms with Gasteiger partial charge in [0, 0.05) is 0 Å². The quantitative estimate of drug-likeness (QED) is 0.561. The van der Waals surface area contributed by atoms with E-state index in [9.17, 15) is 4.79 Å². The fourth-order valence-corrected chi connectivity index (χ4v) is 1.90. The van der Waals surface area contributed by atoms with E-state index in [4.69, 9.17) is 9.47 Å². The van der Waals surface area contributed by atoms with Crippen molar-refractivity contribution in [2.24, 2.45) is 0 Å². The Morgan fingerprint density at radius 2 is 1.80 bits per heavy atom. The lowest BCUT2D eigenvalue weighted by molar-refractivity contribution is -0.899. The molecule has 0 heterocycles. The number of ether oxygens (including phenoxy) is 2. The summed E-state index contributed by atoms with van der Waals surface area (Å²) in [6.45, 7) is 9.06. The molecule has 0 radical (unpaired) electrons. The van der Waals surface area contributed by atoms with Crippen LogP contribution >= 0.6 is 0 Å². The summed E-state index contributed by atoms with van der Waals surface area (Å²) in [5.41, 5.74) is 0. The number of carbonyl (C=O) groups is 1. The van der Waals surface area contributed by atoms with Crippen LogP contribution in [0.4, 0.5) is 0 Å². The Morgan fingerprint density at radius 1 is 1.20 bits per heavy atom. The van der Waals surface area contributed by atoms with Crippen LogP contribution in [0.15, 0.2) is 30.3 Å². The van der Waals surface area contributed by atoms with Crippen molar-refractivity contribution < 1.29 is 31.6 Å². The zero-order valence-corrected chi connectivity index (χ0v) is 13.2. The van der Waals surface area contributed by atoms with Crippen molar-refractivity contribution in [3.63, 3.8) is 0 Å². The van der Waals surface area contributed by atoms with Crippen LogP contribution in [0.3, 0.4) is 0 Å². The number of esters is 1. The van der Waals surface area contributed by atoms with Crippen molar-refractivity contribution in [3.8, 4) is 5.75 Å². The standard InChI is InChI=1S/C15H23NO3.ClH/c1-4-16(5-2)11-13(3)19-15(17)12-18-14-9-7-6-8-10-14;/h6-10,13H,4-5,11-12H2,1-3H3;1H. The Labute approximate surface area is 127 Å². The second kappa shape index (κ2) is 10.5. The summed E-state index contributed by atoms with van der Waals surface area (Å²) in [5, 5.41) is 0. The molecule has 0 fully saturated rings. The molecular weight excluding hydrogens is 278 g/mol. The van der Waals surface area contributed by atoms with Crippen LogP contribution in [0.1, 0.15) is 20.8 Å². The summed E-state index contributed by atoms with van der Waals surface area (Å²) in [7, 11) is 0. The third-order valence-corrected chi connectivity index (χ3v) is 3.01. The molecule has 0 aliphatic carbocycles. The molecule has 0 aromatic heterocycles. The van der Waals surface area contributed by atoms with Crippen LogP contribution in [-0.4, -0.2) is 38.3 Å². The van der Waals surface area contributed by atoms with Crippen molar-refractivity contribution in [1.29, 1.82) is 0 Å². The van der Waals surface area contributed by atoms with Gasteiger partial charge in [-0.1, -0.05) is 18.2 Å². The summed E-state index contributed by atoms with van der Waals surface area (Å²) < 4.78 is 10.7. The molecule has 114 valence electrons. The van der Waals surface area contributed by atoms with E-state index >= 15 is 0 Å². The minimum absolute atomic E-state index is 0. The van der Waals surface area contributed by atoms with E-state index < -0.39 is 0 Å². The first-order chi connectivity index (χ1) is 9.15. The Morgan fingerprint density at radius 3 is 2.35 bits per heavy atom. The van der Waals surface area contributed by atoms with Gasteiger partial charge in [0.05, 0.1) is 13.1 Å². The molecule has 0 spiro atoms. The van der Waals surface area contributed by atoms with Gasteiger partial charge in [-0.2, -0.15) is 0 Å². The summed E-state index contributed by atoms with van der Waals surface area (Å²) in [4.78, 5) is 13.0. The number of hydrogen-bond acceptors (Lipinski definition) is 3. The molecule has 1 rings (SSSR count). The minimum atomic E-state index is -0.317. The predicted molar refractivity (Wildman–Crippen MR) is 74.4 cm³/mol. The maximum Gasteiger partial charge on any atom is 0.344 e. The van der Waals surface area contributed by atoms with Crippen LogP contribution in [0.2, 0.25) is 0 Å². The van der Waals surface area contributed by atoms with Gasteiger partial charge in [0.15, 0.2) is 6.61 Å². The Kier molecular flexibility index (Phi) is 9.86. The highest BCUT2D eigenvalue weighted by atomic mass is 35.5. The molecule has 1 N–H and O–H groups in total. The van der Waals surface area contributed by atoms with E-state index in [1.54, 1.807) is 0 Å². The summed E-state index contributed by atoms with van der Waals surface area (Å²) in [6.07, 6.45) is -0.0817. The van der Waals surface area contributed by atoms with Gasteiger partial charge in [0.1, 0.15) is 18.4 Å². The Bertz CT molecular complexity index is 369. The molecule has 0 amide bonds. The van der Waals surface area contributed by atoms with E-state index in [1.165, 1.54) is 4.90 Å². The molecule has 0 saturated heterocycles. The van der Waals surface area contributed by atoms with Crippen LogP contribution in [0.5, 0.6) is 5.75 Å². The molecule has 1 aromatic rings. The average Bonchev–Trinajstić information content (AvgIpc) is 2.43. The van der Waals surface area contributed by atoms with Gasteiger partial charge in [0.2, 0.25) is 0 Å². The second-order valence-corrected chi connectivity index (χ2v) is 4.56. The van der Waals surface area contributed by atoms with E-state index in [-0.39, 0.29) is 31.1 Å². The third kappa shape index (κ3) is 7.36. The first-order valence-electron chi connectivity index (χ1n) is 6.86. The number of carbonyl (C=O) groups excluding carboxylic acids is 1. The first kappa shape index (κ1) is 18.7. The van der Waals surface area contributed by atoms with Crippen molar-refractivity contribution in [2.75, 3.05) is 26.2 Å². The van der Waals surface area contributed by atoms with Gasteiger partial charge in [-0.05, 0) is 32.9 Å². The van der Waals surface area contributed by atoms with Crippen molar-refractivity contribution in [2.45, 2.75) is 26.9 Å². The maximum atomic E-state index is 11.6. The molecule has 0 saturated carbocycles. The highest BCUT2D eigenvalue weighted by Gasteiger charge is 2.15. The van der Waals surface area contributed by atoms with Crippen LogP contribution in [0, 0.1) is 0 Å². The van der Waals surface area contributed by atoms with Gasteiger partial charge in [0.25, 0.3) is 0 Å². The van der Waals surface area contributed by atoms with E-state index in [1.807, 2.05) is 37.3 Å². The molecule has 1 unspecified atom stereocenters. The topological polar surface area (TPSA) is 40.0 Å². The number of nitrogens with one attached hydrogen (secondary N) is 1. The number of halogens is 1. The lowest BCUT2D eigenvalue weighted by Gasteiger charge is -2.20. The fourth-order valence-electron chi connectivity index (χ4n) is 1.90. The monoisotopic (exact) mass is 301 g/mol. The second-order valence-electron chi connectivity index (χ2n) is 4.56. The molecule has 4 nitrogen and oxygen atoms in total. The first-order valence-corrected chi connectivity index (χ1v) is 6.86. The minimum Gasteiger partial charge on any atom is -1.00 e. The lowest BCUT2D eigenvalue weighted by atomic mass is 10.3. The zero-order valence-electron chi connectivity index (χ0n) is 12.4. The molecular formula is C15H24ClNO3. The number of likely N-dealkylation sites (N-methyl/N-ethyl adjacent to an activating group) is 1. The number of para-hydroxylation sites is 1. The lowest BCUT2D eigenvalue weighted by Crippen LogP contribution is -3.12. The highest BCUT2D eigenvalue weighted by Crippen LogP contribution is 2.08. The number of benzene rings is 1. The van der Waals surface area contributed by atoms with E-state index in [0.29, 0.717) is 5.75 Å². The normalized spacial score (nSPS) is 11.6. The molecule has 5 heteroatoms. The number of quaternary nitrogens is 1. The van der Waals surface area contributed by atoms with Gasteiger partial charge >= 0.3 is 5.97 Å². The van der Waals surface area contributed by atoms with Crippen molar-refractivity contribution >= 4 is 5.97 Å². The van der Waals surface area contributed by atoms with Crippen LogP contribution < -0.4 is 22.0 Å². The molecule has 1 aromatic carbocycles. The number of rotatable bonds is 8. The van der Waals surface area contributed by atoms with Crippen molar-refractivity contribution in [3.05, 3.63) is 30.3 Å². The molecule has 0 aliphatic rings. The largest absolute Gasteiger partial charge is 1.00 e. The summed E-state index contributed by atoms with van der Waals surface area (Å²) in [6, 6.07) is 9.27.